The largest absolute Gasteiger partial charge is 0.508 e. The number of guanidine groups is 1. The van der Waals surface area contributed by atoms with Gasteiger partial charge in [-0.05, 0) is 30.7 Å². The number of aromatic hydroxyl groups is 1. The Morgan fingerprint density at radius 2 is 2.04 bits per heavy atom. The summed E-state index contributed by atoms with van der Waals surface area (Å²) < 4.78 is 0. The molecule has 0 aromatic heterocycles. The predicted octanol–water partition coefficient (Wildman–Crippen LogP) is 1.00. The maximum atomic E-state index is 11.6. The molecule has 0 bridgehead atoms. The lowest BCUT2D eigenvalue weighted by Gasteiger charge is -2.39. The van der Waals surface area contributed by atoms with Crippen molar-refractivity contribution in [3.05, 3.63) is 24.3 Å². The number of benzene rings is 1. The molecule has 0 spiro atoms. The molecular formula is C16H22ClN7O2. The average Bonchev–Trinajstić information content (AvgIpc) is 2.59. The number of nitrogens with zero attached hydrogens (tertiary/aromatic N) is 3. The van der Waals surface area contributed by atoms with Crippen LogP contribution in [0.5, 0.6) is 5.75 Å². The van der Waals surface area contributed by atoms with Crippen molar-refractivity contribution in [1.29, 1.82) is 10.8 Å². The van der Waals surface area contributed by atoms with Gasteiger partial charge in [0.1, 0.15) is 23.5 Å². The first-order valence-corrected chi connectivity index (χ1v) is 8.51. The standard InChI is InChI=1S/C16H22ClN7O2/c1-2-3-8-23(9-4-6-10(25)7-5-9)16(21)24-13(18)11(15(20)26)22-12(17)14(24)19/h4-7,12-13,19,21,25H,2-3,8,18H2,1H3,(H2,20,26). The van der Waals surface area contributed by atoms with Crippen LogP contribution in [-0.2, 0) is 4.79 Å². The Kier molecular flexibility index (Phi) is 6.17. The van der Waals surface area contributed by atoms with E-state index in [0.717, 1.165) is 17.7 Å². The van der Waals surface area contributed by atoms with Crippen molar-refractivity contribution in [2.45, 2.75) is 31.4 Å². The molecule has 0 saturated heterocycles. The monoisotopic (exact) mass is 379 g/mol. The predicted molar refractivity (Wildman–Crippen MR) is 102 cm³/mol. The number of amides is 1. The van der Waals surface area contributed by atoms with Gasteiger partial charge in [-0.25, -0.2) is 0 Å². The zero-order valence-corrected chi connectivity index (χ0v) is 15.1. The van der Waals surface area contributed by atoms with Crippen LogP contribution in [0.3, 0.4) is 0 Å². The normalized spacial score (nSPS) is 19.9. The number of aliphatic imine (C=N–C) groups is 1. The van der Waals surface area contributed by atoms with Crippen molar-refractivity contribution < 1.29 is 9.90 Å². The third-order valence-corrected chi connectivity index (χ3v) is 4.23. The van der Waals surface area contributed by atoms with Crippen LogP contribution >= 0.6 is 11.6 Å². The smallest absolute Gasteiger partial charge is 0.266 e. The number of phenolic OH excluding ortho intramolecular Hbond substituents is 1. The number of rotatable bonds is 5. The van der Waals surface area contributed by atoms with Crippen LogP contribution in [0.2, 0.25) is 0 Å². The second kappa shape index (κ2) is 8.15. The number of alkyl halides is 1. The third kappa shape index (κ3) is 3.94. The second-order valence-electron chi connectivity index (χ2n) is 5.76. The van der Waals surface area contributed by atoms with Crippen LogP contribution in [-0.4, -0.2) is 51.6 Å². The fourth-order valence-electron chi connectivity index (χ4n) is 2.54. The van der Waals surface area contributed by atoms with Crippen molar-refractivity contribution in [1.82, 2.24) is 4.90 Å². The van der Waals surface area contributed by atoms with Crippen LogP contribution in [0, 0.1) is 10.8 Å². The van der Waals surface area contributed by atoms with E-state index >= 15 is 0 Å². The lowest BCUT2D eigenvalue weighted by Crippen LogP contribution is -2.64. The molecule has 0 radical (unpaired) electrons. The Bertz CT molecular complexity index is 735. The Labute approximate surface area is 156 Å². The van der Waals surface area contributed by atoms with Crippen LogP contribution in [0.25, 0.3) is 0 Å². The van der Waals surface area contributed by atoms with E-state index in [0.29, 0.717) is 12.2 Å². The number of nitrogens with one attached hydrogen (secondary N) is 2. The first-order valence-electron chi connectivity index (χ1n) is 8.07. The molecule has 1 amide bonds. The first-order chi connectivity index (χ1) is 12.3. The average molecular weight is 380 g/mol. The molecule has 2 rings (SSSR count). The Balaban J connectivity index is 2.40. The Hall–Kier alpha value is -2.65. The topological polar surface area (TPSA) is 156 Å². The number of hydrogen-bond donors (Lipinski definition) is 5. The van der Waals surface area contributed by atoms with E-state index in [1.807, 2.05) is 6.92 Å². The zero-order valence-electron chi connectivity index (χ0n) is 14.3. The van der Waals surface area contributed by atoms with Crippen LogP contribution < -0.4 is 16.4 Å². The highest BCUT2D eigenvalue weighted by atomic mass is 35.5. The van der Waals surface area contributed by atoms with Crippen molar-refractivity contribution in [3.8, 4) is 5.75 Å². The minimum atomic E-state index is -1.18. The Morgan fingerprint density at radius 1 is 1.42 bits per heavy atom. The van der Waals surface area contributed by atoms with E-state index in [1.54, 1.807) is 17.0 Å². The molecular weight excluding hydrogens is 358 g/mol. The highest BCUT2D eigenvalue weighted by Gasteiger charge is 2.38. The molecule has 7 N–H and O–H groups in total. The maximum Gasteiger partial charge on any atom is 0.266 e. The van der Waals surface area contributed by atoms with E-state index < -0.39 is 17.6 Å². The quantitative estimate of drug-likeness (QED) is 0.223. The lowest BCUT2D eigenvalue weighted by molar-refractivity contribution is -0.112. The maximum absolute atomic E-state index is 11.6. The number of amidine groups is 1. The number of hydrogen-bond acceptors (Lipinski definition) is 6. The summed E-state index contributed by atoms with van der Waals surface area (Å²) in [7, 11) is 0. The SMILES string of the molecule is CCCCN(C(=N)N1C(=N)C(Cl)N=C(C(N)=O)C1N)c1ccc(O)cc1. The molecule has 1 aliphatic heterocycles. The van der Waals surface area contributed by atoms with Gasteiger partial charge in [0, 0.05) is 12.2 Å². The zero-order chi connectivity index (χ0) is 19.4. The molecule has 2 atom stereocenters. The molecule has 0 saturated carbocycles. The van der Waals surface area contributed by atoms with Gasteiger partial charge < -0.3 is 21.5 Å². The molecule has 1 aromatic carbocycles. The van der Waals surface area contributed by atoms with Gasteiger partial charge >= 0.3 is 0 Å². The highest BCUT2D eigenvalue weighted by Crippen LogP contribution is 2.23. The van der Waals surface area contributed by atoms with E-state index in [9.17, 15) is 9.90 Å². The van der Waals surface area contributed by atoms with Gasteiger partial charge in [-0.2, -0.15) is 0 Å². The summed E-state index contributed by atoms with van der Waals surface area (Å²) >= 11 is 6.02. The summed E-state index contributed by atoms with van der Waals surface area (Å²) in [6.07, 6.45) is 0.488. The molecule has 10 heteroatoms. The third-order valence-electron chi connectivity index (χ3n) is 3.93. The van der Waals surface area contributed by atoms with E-state index in [2.05, 4.69) is 4.99 Å². The molecule has 9 nitrogen and oxygen atoms in total. The molecule has 1 aliphatic rings. The molecule has 2 unspecified atom stereocenters. The summed E-state index contributed by atoms with van der Waals surface area (Å²) in [6.45, 7) is 2.49. The molecule has 1 aromatic rings. The summed E-state index contributed by atoms with van der Waals surface area (Å²) in [4.78, 5) is 18.2. The van der Waals surface area contributed by atoms with Crippen LogP contribution in [0.15, 0.2) is 29.3 Å². The minimum Gasteiger partial charge on any atom is -0.508 e. The molecule has 1 heterocycles. The summed E-state index contributed by atoms with van der Waals surface area (Å²) in [6, 6.07) is 6.31. The molecule has 0 aliphatic carbocycles. The number of anilines is 1. The number of unbranched alkanes of at least 4 members (excludes halogenated alkanes) is 1. The number of nitrogens with two attached hydrogens (primary N) is 2. The van der Waals surface area contributed by atoms with Crippen molar-refractivity contribution >= 4 is 40.7 Å². The van der Waals surface area contributed by atoms with Gasteiger partial charge in [0.25, 0.3) is 5.91 Å². The van der Waals surface area contributed by atoms with E-state index in [4.69, 9.17) is 33.9 Å². The molecule has 26 heavy (non-hydrogen) atoms. The molecule has 0 fully saturated rings. The molecule has 140 valence electrons. The van der Waals surface area contributed by atoms with Crippen LogP contribution in [0.1, 0.15) is 19.8 Å². The van der Waals surface area contributed by atoms with Gasteiger partial charge in [-0.3, -0.25) is 25.5 Å². The number of carbonyl (C=O) groups is 1. The second-order valence-corrected chi connectivity index (χ2v) is 6.17. The fraction of sp³-hybridized carbons (Fsp3) is 0.375. The van der Waals surface area contributed by atoms with Gasteiger partial charge in [-0.1, -0.05) is 24.9 Å². The van der Waals surface area contributed by atoms with Crippen molar-refractivity contribution in [2.75, 3.05) is 11.4 Å². The number of carbonyl (C=O) groups excluding carboxylic acids is 1. The Morgan fingerprint density at radius 3 is 2.58 bits per heavy atom. The highest BCUT2D eigenvalue weighted by molar-refractivity contribution is 6.45. The number of primary amides is 1. The summed E-state index contributed by atoms with van der Waals surface area (Å²) in [5.41, 5.74) is 10.6. The summed E-state index contributed by atoms with van der Waals surface area (Å²) in [5.74, 6) is -1.09. The van der Waals surface area contributed by atoms with Gasteiger partial charge in [0.15, 0.2) is 5.50 Å². The van der Waals surface area contributed by atoms with Crippen molar-refractivity contribution in [3.63, 3.8) is 0 Å². The van der Waals surface area contributed by atoms with Crippen LogP contribution in [0.4, 0.5) is 5.69 Å². The number of halogens is 1. The number of phenols is 1. The first kappa shape index (κ1) is 19.7. The van der Waals surface area contributed by atoms with E-state index in [-0.39, 0.29) is 23.3 Å². The van der Waals surface area contributed by atoms with Gasteiger partial charge in [-0.15, -0.1) is 0 Å². The fourth-order valence-corrected chi connectivity index (χ4v) is 2.75. The van der Waals surface area contributed by atoms with Gasteiger partial charge in [0.05, 0.1) is 0 Å². The van der Waals surface area contributed by atoms with Crippen molar-refractivity contribution in [2.24, 2.45) is 16.5 Å². The summed E-state index contributed by atoms with van der Waals surface area (Å²) in [5, 5.41) is 26.2. The van der Waals surface area contributed by atoms with Gasteiger partial charge in [0.2, 0.25) is 5.96 Å². The minimum absolute atomic E-state index is 0.0992. The lowest BCUT2D eigenvalue weighted by atomic mass is 10.2. The van der Waals surface area contributed by atoms with E-state index in [1.165, 1.54) is 12.1 Å².